The van der Waals surface area contributed by atoms with E-state index in [-0.39, 0.29) is 5.91 Å². The van der Waals surface area contributed by atoms with Crippen LogP contribution >= 0.6 is 0 Å². The summed E-state index contributed by atoms with van der Waals surface area (Å²) in [6.07, 6.45) is 0. The summed E-state index contributed by atoms with van der Waals surface area (Å²) in [7, 11) is 1.79. The van der Waals surface area contributed by atoms with Gasteiger partial charge in [-0.05, 0) is 49.2 Å². The van der Waals surface area contributed by atoms with Crippen molar-refractivity contribution in [1.82, 2.24) is 4.90 Å². The number of rotatable bonds is 3. The van der Waals surface area contributed by atoms with Gasteiger partial charge in [-0.2, -0.15) is 5.26 Å². The predicted octanol–water partition coefficient (Wildman–Crippen LogP) is 3.45. The molecular formula is C18H18N2O. The van der Waals surface area contributed by atoms with Gasteiger partial charge in [0.25, 0.3) is 5.91 Å². The van der Waals surface area contributed by atoms with Crippen molar-refractivity contribution >= 4 is 5.91 Å². The number of benzene rings is 2. The number of hydrogen-bond donors (Lipinski definition) is 0. The summed E-state index contributed by atoms with van der Waals surface area (Å²) in [4.78, 5) is 14.1. The van der Waals surface area contributed by atoms with E-state index in [2.05, 4.69) is 32.0 Å². The zero-order chi connectivity index (χ0) is 15.4. The van der Waals surface area contributed by atoms with Crippen molar-refractivity contribution in [1.29, 1.82) is 5.26 Å². The maximum absolute atomic E-state index is 12.4. The van der Waals surface area contributed by atoms with Gasteiger partial charge in [0, 0.05) is 19.2 Å². The highest BCUT2D eigenvalue weighted by atomic mass is 16.2. The Kier molecular flexibility index (Phi) is 4.39. The highest BCUT2D eigenvalue weighted by molar-refractivity contribution is 5.94. The molecule has 21 heavy (non-hydrogen) atoms. The Morgan fingerprint density at radius 3 is 2.38 bits per heavy atom. The molecule has 0 aliphatic carbocycles. The maximum atomic E-state index is 12.4. The molecule has 0 fully saturated rings. The molecule has 0 atom stereocenters. The van der Waals surface area contributed by atoms with Gasteiger partial charge in [-0.25, -0.2) is 0 Å². The largest absolute Gasteiger partial charge is 0.337 e. The quantitative estimate of drug-likeness (QED) is 0.863. The van der Waals surface area contributed by atoms with Gasteiger partial charge in [0.2, 0.25) is 0 Å². The van der Waals surface area contributed by atoms with E-state index in [0.717, 1.165) is 5.56 Å². The Morgan fingerprint density at radius 2 is 1.81 bits per heavy atom. The zero-order valence-electron chi connectivity index (χ0n) is 12.6. The number of hydrogen-bond acceptors (Lipinski definition) is 2. The van der Waals surface area contributed by atoms with E-state index in [1.54, 1.807) is 36.2 Å². The summed E-state index contributed by atoms with van der Waals surface area (Å²) < 4.78 is 0. The molecule has 0 spiro atoms. The lowest BCUT2D eigenvalue weighted by Gasteiger charge is -2.19. The molecule has 0 aromatic heterocycles. The van der Waals surface area contributed by atoms with Crippen LogP contribution < -0.4 is 0 Å². The number of carbonyl (C=O) groups is 1. The Bertz CT molecular complexity index is 696. The van der Waals surface area contributed by atoms with Gasteiger partial charge in [0.05, 0.1) is 11.6 Å². The van der Waals surface area contributed by atoms with Gasteiger partial charge < -0.3 is 4.90 Å². The Labute approximate surface area is 125 Å². The normalized spacial score (nSPS) is 10.0. The highest BCUT2D eigenvalue weighted by Crippen LogP contribution is 2.14. The highest BCUT2D eigenvalue weighted by Gasteiger charge is 2.12. The molecule has 0 aliphatic heterocycles. The van der Waals surface area contributed by atoms with Crippen LogP contribution in [-0.2, 0) is 6.54 Å². The van der Waals surface area contributed by atoms with Crippen molar-refractivity contribution in [2.45, 2.75) is 20.4 Å². The minimum Gasteiger partial charge on any atom is -0.337 e. The number of nitriles is 1. The van der Waals surface area contributed by atoms with Crippen molar-refractivity contribution in [3.63, 3.8) is 0 Å². The van der Waals surface area contributed by atoms with Crippen LogP contribution in [0.4, 0.5) is 0 Å². The van der Waals surface area contributed by atoms with Crippen LogP contribution in [0.2, 0.25) is 0 Å². The molecule has 0 saturated heterocycles. The van der Waals surface area contributed by atoms with Gasteiger partial charge in [0.1, 0.15) is 0 Å². The first kappa shape index (κ1) is 14.8. The van der Waals surface area contributed by atoms with E-state index < -0.39 is 0 Å². The van der Waals surface area contributed by atoms with Gasteiger partial charge >= 0.3 is 0 Å². The molecular weight excluding hydrogens is 260 g/mol. The average Bonchev–Trinajstić information content (AvgIpc) is 2.49. The fourth-order valence-electron chi connectivity index (χ4n) is 2.26. The molecule has 0 unspecified atom stereocenters. The number of nitrogens with zero attached hydrogens (tertiary/aromatic N) is 2. The second-order valence-corrected chi connectivity index (χ2v) is 5.28. The second kappa shape index (κ2) is 6.23. The Morgan fingerprint density at radius 1 is 1.14 bits per heavy atom. The van der Waals surface area contributed by atoms with Crippen LogP contribution in [0.25, 0.3) is 0 Å². The third-order valence-corrected chi connectivity index (χ3v) is 3.51. The van der Waals surface area contributed by atoms with E-state index in [0.29, 0.717) is 17.7 Å². The minimum absolute atomic E-state index is 0.0422. The number of amides is 1. The fourth-order valence-corrected chi connectivity index (χ4v) is 2.26. The molecule has 2 aromatic rings. The van der Waals surface area contributed by atoms with E-state index in [1.807, 2.05) is 6.07 Å². The molecule has 106 valence electrons. The lowest BCUT2D eigenvalue weighted by molar-refractivity contribution is 0.0785. The van der Waals surface area contributed by atoms with Crippen LogP contribution in [-0.4, -0.2) is 17.9 Å². The van der Waals surface area contributed by atoms with Crippen molar-refractivity contribution < 1.29 is 4.79 Å². The molecule has 2 rings (SSSR count). The molecule has 0 saturated carbocycles. The molecule has 0 bridgehead atoms. The molecule has 0 N–H and O–H groups in total. The molecule has 0 heterocycles. The van der Waals surface area contributed by atoms with Gasteiger partial charge in [-0.15, -0.1) is 0 Å². The maximum Gasteiger partial charge on any atom is 0.253 e. The first-order chi connectivity index (χ1) is 10.0. The minimum atomic E-state index is -0.0422. The SMILES string of the molecule is Cc1ccc(CN(C)C(=O)c2ccc(C#N)cc2)c(C)c1. The molecule has 2 aromatic carbocycles. The van der Waals surface area contributed by atoms with E-state index in [9.17, 15) is 4.79 Å². The lowest BCUT2D eigenvalue weighted by Crippen LogP contribution is -2.26. The zero-order valence-corrected chi connectivity index (χ0v) is 12.6. The molecule has 0 radical (unpaired) electrons. The third kappa shape index (κ3) is 3.49. The second-order valence-electron chi connectivity index (χ2n) is 5.28. The molecule has 0 aliphatic rings. The van der Waals surface area contributed by atoms with Crippen LogP contribution in [0.5, 0.6) is 0 Å². The first-order valence-corrected chi connectivity index (χ1v) is 6.83. The van der Waals surface area contributed by atoms with Gasteiger partial charge in [0.15, 0.2) is 0 Å². The van der Waals surface area contributed by atoms with Gasteiger partial charge in [-0.1, -0.05) is 23.8 Å². The van der Waals surface area contributed by atoms with Crippen molar-refractivity contribution in [2.75, 3.05) is 7.05 Å². The fraction of sp³-hybridized carbons (Fsp3) is 0.222. The van der Waals surface area contributed by atoms with E-state index in [4.69, 9.17) is 5.26 Å². The molecule has 1 amide bonds. The number of carbonyl (C=O) groups excluding carboxylic acids is 1. The van der Waals surface area contributed by atoms with Gasteiger partial charge in [-0.3, -0.25) is 4.79 Å². The summed E-state index contributed by atoms with van der Waals surface area (Å²) >= 11 is 0. The van der Waals surface area contributed by atoms with E-state index >= 15 is 0 Å². The van der Waals surface area contributed by atoms with Crippen LogP contribution in [0.15, 0.2) is 42.5 Å². The smallest absolute Gasteiger partial charge is 0.253 e. The van der Waals surface area contributed by atoms with Crippen LogP contribution in [0, 0.1) is 25.2 Å². The summed E-state index contributed by atoms with van der Waals surface area (Å²) in [6, 6.07) is 15.0. The summed E-state index contributed by atoms with van der Waals surface area (Å²) in [5.41, 5.74) is 4.71. The number of aryl methyl sites for hydroxylation is 2. The summed E-state index contributed by atoms with van der Waals surface area (Å²) in [6.45, 7) is 4.69. The van der Waals surface area contributed by atoms with Crippen molar-refractivity contribution in [3.05, 3.63) is 70.3 Å². The Hall–Kier alpha value is -2.60. The standard InChI is InChI=1S/C18H18N2O/c1-13-4-7-17(14(2)10-13)12-20(3)18(21)16-8-5-15(11-19)6-9-16/h4-10H,12H2,1-3H3. The lowest BCUT2D eigenvalue weighted by atomic mass is 10.0. The van der Waals surface area contributed by atoms with Crippen molar-refractivity contribution in [2.24, 2.45) is 0 Å². The molecule has 3 heteroatoms. The van der Waals surface area contributed by atoms with Crippen LogP contribution in [0.3, 0.4) is 0 Å². The summed E-state index contributed by atoms with van der Waals surface area (Å²) in [5, 5.41) is 8.78. The first-order valence-electron chi connectivity index (χ1n) is 6.83. The topological polar surface area (TPSA) is 44.1 Å². The monoisotopic (exact) mass is 278 g/mol. The van der Waals surface area contributed by atoms with Crippen LogP contribution in [0.1, 0.15) is 32.6 Å². The van der Waals surface area contributed by atoms with Crippen molar-refractivity contribution in [3.8, 4) is 6.07 Å². The Balaban J connectivity index is 2.13. The van der Waals surface area contributed by atoms with E-state index in [1.165, 1.54) is 11.1 Å². The average molecular weight is 278 g/mol. The predicted molar refractivity (Wildman–Crippen MR) is 82.9 cm³/mol. The summed E-state index contributed by atoms with van der Waals surface area (Å²) in [5.74, 6) is -0.0422. The molecule has 3 nitrogen and oxygen atoms in total. The third-order valence-electron chi connectivity index (χ3n) is 3.51.